The molecule has 0 aliphatic carbocycles. The molecule has 0 spiro atoms. The van der Waals surface area contributed by atoms with E-state index in [1.165, 1.54) is 5.01 Å². The van der Waals surface area contributed by atoms with Crippen LogP contribution in [0.25, 0.3) is 0 Å². The number of carbonyl (C=O) groups excluding carboxylic acids is 1. The third kappa shape index (κ3) is 4.08. The fourth-order valence-corrected chi connectivity index (χ4v) is 3.54. The van der Waals surface area contributed by atoms with Crippen molar-refractivity contribution in [1.29, 1.82) is 0 Å². The van der Waals surface area contributed by atoms with Crippen LogP contribution in [-0.4, -0.2) is 34.5 Å². The third-order valence-electron chi connectivity index (χ3n) is 5.12. The van der Waals surface area contributed by atoms with Gasteiger partial charge in [0.2, 0.25) is 12.7 Å². The molecule has 0 unspecified atom stereocenters. The summed E-state index contributed by atoms with van der Waals surface area (Å²) in [6.45, 7) is 2.22. The lowest BCUT2D eigenvalue weighted by Gasteiger charge is -2.22. The van der Waals surface area contributed by atoms with Crippen molar-refractivity contribution in [3.05, 3.63) is 59.2 Å². The maximum absolute atomic E-state index is 12.8. The fourth-order valence-electron chi connectivity index (χ4n) is 3.54. The quantitative estimate of drug-likeness (QED) is 0.808. The number of nitrogens with zero attached hydrogens (tertiary/aromatic N) is 2. The number of aliphatic carboxylic acids is 1. The first-order chi connectivity index (χ1) is 14.0. The van der Waals surface area contributed by atoms with Gasteiger partial charge >= 0.3 is 5.97 Å². The molecule has 29 heavy (non-hydrogen) atoms. The summed E-state index contributed by atoms with van der Waals surface area (Å²) < 4.78 is 10.8. The normalized spacial score (nSPS) is 17.3. The second kappa shape index (κ2) is 7.95. The summed E-state index contributed by atoms with van der Waals surface area (Å²) in [4.78, 5) is 23.6. The van der Waals surface area contributed by atoms with E-state index in [2.05, 4.69) is 5.10 Å². The first-order valence-electron chi connectivity index (χ1n) is 9.59. The lowest BCUT2D eigenvalue weighted by molar-refractivity contribution is -0.137. The molecule has 7 heteroatoms. The van der Waals surface area contributed by atoms with E-state index < -0.39 is 5.97 Å². The van der Waals surface area contributed by atoms with Gasteiger partial charge in [0.25, 0.3) is 0 Å². The Morgan fingerprint density at radius 2 is 1.86 bits per heavy atom. The van der Waals surface area contributed by atoms with E-state index in [4.69, 9.17) is 14.6 Å². The van der Waals surface area contributed by atoms with Crippen LogP contribution in [0.1, 0.15) is 48.4 Å². The number of hydrogen-bond donors (Lipinski definition) is 1. The number of hydrogen-bond acceptors (Lipinski definition) is 5. The van der Waals surface area contributed by atoms with Crippen LogP contribution < -0.4 is 9.47 Å². The summed E-state index contributed by atoms with van der Waals surface area (Å²) in [7, 11) is 0. The Morgan fingerprint density at radius 3 is 2.62 bits per heavy atom. The van der Waals surface area contributed by atoms with Gasteiger partial charge in [0.15, 0.2) is 11.5 Å². The molecule has 0 fully saturated rings. The van der Waals surface area contributed by atoms with Crippen molar-refractivity contribution in [1.82, 2.24) is 5.01 Å². The van der Waals surface area contributed by atoms with Gasteiger partial charge in [0.05, 0.1) is 11.8 Å². The number of carbonyl (C=O) groups is 2. The average molecular weight is 394 g/mol. The Kier molecular flexibility index (Phi) is 5.20. The van der Waals surface area contributed by atoms with Crippen molar-refractivity contribution < 1.29 is 24.2 Å². The maximum Gasteiger partial charge on any atom is 0.303 e. The third-order valence-corrected chi connectivity index (χ3v) is 5.12. The number of rotatable bonds is 6. The van der Waals surface area contributed by atoms with Crippen molar-refractivity contribution in [3.63, 3.8) is 0 Å². The zero-order valence-corrected chi connectivity index (χ0v) is 16.1. The molecule has 0 bridgehead atoms. The average Bonchev–Trinajstić information content (AvgIpc) is 3.35. The molecule has 150 valence electrons. The first kappa shape index (κ1) is 19.0. The smallest absolute Gasteiger partial charge is 0.303 e. The summed E-state index contributed by atoms with van der Waals surface area (Å²) in [5.41, 5.74) is 3.82. The molecule has 1 atom stereocenters. The van der Waals surface area contributed by atoms with Gasteiger partial charge in [0, 0.05) is 24.8 Å². The molecule has 4 rings (SSSR count). The molecule has 2 aliphatic heterocycles. The minimum Gasteiger partial charge on any atom is -0.481 e. The van der Waals surface area contributed by atoms with E-state index in [0.717, 1.165) is 22.4 Å². The van der Waals surface area contributed by atoms with Crippen LogP contribution >= 0.6 is 0 Å². The second-order valence-corrected chi connectivity index (χ2v) is 7.23. The van der Waals surface area contributed by atoms with Crippen LogP contribution in [0.2, 0.25) is 0 Å². The fraction of sp³-hybridized carbons (Fsp3) is 0.318. The Morgan fingerprint density at radius 1 is 1.10 bits per heavy atom. The maximum atomic E-state index is 12.8. The van der Waals surface area contributed by atoms with Crippen LogP contribution in [0.3, 0.4) is 0 Å². The van der Waals surface area contributed by atoms with E-state index in [-0.39, 0.29) is 31.6 Å². The van der Waals surface area contributed by atoms with Crippen LogP contribution in [0.5, 0.6) is 11.5 Å². The Labute approximate surface area is 168 Å². The van der Waals surface area contributed by atoms with E-state index in [1.54, 1.807) is 0 Å². The van der Waals surface area contributed by atoms with E-state index in [1.807, 2.05) is 49.4 Å². The summed E-state index contributed by atoms with van der Waals surface area (Å²) >= 11 is 0. The number of benzene rings is 2. The Hall–Kier alpha value is -3.35. The highest BCUT2D eigenvalue weighted by molar-refractivity contribution is 6.03. The number of hydrazone groups is 1. The largest absolute Gasteiger partial charge is 0.481 e. The lowest BCUT2D eigenvalue weighted by Crippen LogP contribution is -2.27. The van der Waals surface area contributed by atoms with Crippen LogP contribution in [0.15, 0.2) is 47.6 Å². The SMILES string of the molecule is Cc1ccc([C@@H]2CC(c3ccc4c(c3)OCO4)=NN2C(=O)CCCC(=O)O)cc1. The predicted molar refractivity (Wildman–Crippen MR) is 106 cm³/mol. The highest BCUT2D eigenvalue weighted by atomic mass is 16.7. The molecule has 0 aromatic heterocycles. The molecule has 0 radical (unpaired) electrons. The van der Waals surface area contributed by atoms with Crippen LogP contribution in [0.4, 0.5) is 0 Å². The Bertz CT molecular complexity index is 968. The van der Waals surface area contributed by atoms with Crippen molar-refractivity contribution in [2.75, 3.05) is 6.79 Å². The van der Waals surface area contributed by atoms with Gasteiger partial charge < -0.3 is 14.6 Å². The summed E-state index contributed by atoms with van der Waals surface area (Å²) in [5, 5.41) is 15.0. The van der Waals surface area contributed by atoms with Gasteiger partial charge in [-0.05, 0) is 37.1 Å². The van der Waals surface area contributed by atoms with E-state index >= 15 is 0 Å². The van der Waals surface area contributed by atoms with Gasteiger partial charge in [-0.1, -0.05) is 29.8 Å². The van der Waals surface area contributed by atoms with Crippen molar-refractivity contribution in [2.45, 2.75) is 38.6 Å². The molecule has 1 amide bonds. The molecule has 2 heterocycles. The molecule has 0 saturated carbocycles. The van der Waals surface area contributed by atoms with Crippen molar-refractivity contribution >= 4 is 17.6 Å². The molecule has 2 aliphatic rings. The van der Waals surface area contributed by atoms with Crippen molar-refractivity contribution in [2.24, 2.45) is 5.10 Å². The zero-order chi connectivity index (χ0) is 20.4. The molecule has 2 aromatic rings. The number of fused-ring (bicyclic) bond motifs is 1. The number of amides is 1. The predicted octanol–water partition coefficient (Wildman–Crippen LogP) is 3.66. The second-order valence-electron chi connectivity index (χ2n) is 7.23. The molecule has 1 N–H and O–H groups in total. The summed E-state index contributed by atoms with van der Waals surface area (Å²) in [6, 6.07) is 13.5. The topological polar surface area (TPSA) is 88.4 Å². The molecule has 0 saturated heterocycles. The Balaban J connectivity index is 1.60. The minimum atomic E-state index is -0.904. The number of ether oxygens (including phenoxy) is 2. The minimum absolute atomic E-state index is 0.0342. The monoisotopic (exact) mass is 394 g/mol. The molecular weight excluding hydrogens is 372 g/mol. The van der Waals surface area contributed by atoms with E-state index in [0.29, 0.717) is 24.3 Å². The number of carboxylic acid groups (broad SMARTS) is 1. The number of carboxylic acids is 1. The highest BCUT2D eigenvalue weighted by Gasteiger charge is 2.33. The zero-order valence-electron chi connectivity index (χ0n) is 16.1. The summed E-state index contributed by atoms with van der Waals surface area (Å²) in [5.74, 6) is 0.291. The van der Waals surface area contributed by atoms with Crippen molar-refractivity contribution in [3.8, 4) is 11.5 Å². The first-order valence-corrected chi connectivity index (χ1v) is 9.59. The van der Waals surface area contributed by atoms with Gasteiger partial charge in [-0.15, -0.1) is 0 Å². The van der Waals surface area contributed by atoms with E-state index in [9.17, 15) is 9.59 Å². The van der Waals surface area contributed by atoms with Crippen LogP contribution in [0, 0.1) is 6.92 Å². The molecule has 2 aromatic carbocycles. The van der Waals surface area contributed by atoms with Crippen LogP contribution in [-0.2, 0) is 9.59 Å². The van der Waals surface area contributed by atoms with Gasteiger partial charge in [-0.3, -0.25) is 9.59 Å². The van der Waals surface area contributed by atoms with Gasteiger partial charge in [-0.2, -0.15) is 5.10 Å². The number of aryl methyl sites for hydroxylation is 1. The highest BCUT2D eigenvalue weighted by Crippen LogP contribution is 2.37. The molecular formula is C22H22N2O5. The lowest BCUT2D eigenvalue weighted by atomic mass is 9.97. The van der Waals surface area contributed by atoms with Gasteiger partial charge in [0.1, 0.15) is 0 Å². The summed E-state index contributed by atoms with van der Waals surface area (Å²) in [6.07, 6.45) is 0.980. The molecule has 7 nitrogen and oxygen atoms in total. The standard InChI is InChI=1S/C22H22N2O5/c1-14-5-7-15(8-6-14)18-12-17(16-9-10-19-20(11-16)29-13-28-19)23-24(18)21(25)3-2-4-22(26)27/h5-11,18H,2-4,12-13H2,1H3,(H,26,27)/t18-/m0/s1. The van der Waals surface area contributed by atoms with Gasteiger partial charge in [-0.25, -0.2) is 5.01 Å².